The first-order valence-electron chi connectivity index (χ1n) is 6.60. The minimum absolute atomic E-state index is 0.139. The molecule has 0 saturated carbocycles. The van der Waals surface area contributed by atoms with Gasteiger partial charge in [0.15, 0.2) is 5.82 Å². The summed E-state index contributed by atoms with van der Waals surface area (Å²) in [6, 6.07) is 6.69. The molecule has 0 aliphatic carbocycles. The van der Waals surface area contributed by atoms with Crippen molar-refractivity contribution < 1.29 is 13.2 Å². The zero-order valence-electron chi connectivity index (χ0n) is 11.2. The summed E-state index contributed by atoms with van der Waals surface area (Å²) < 4.78 is 40.4. The number of tetrazole rings is 1. The Morgan fingerprint density at radius 2 is 1.95 bits per heavy atom. The van der Waals surface area contributed by atoms with E-state index < -0.39 is 12.6 Å². The van der Waals surface area contributed by atoms with Crippen molar-refractivity contribution in [3.8, 4) is 5.69 Å². The quantitative estimate of drug-likeness (QED) is 0.865. The molecule has 2 aromatic rings. The number of rotatable bonds is 4. The molecule has 3 rings (SSSR count). The molecule has 0 unspecified atom stereocenters. The lowest BCUT2D eigenvalue weighted by atomic mass is 10.2. The van der Waals surface area contributed by atoms with Crippen molar-refractivity contribution in [1.82, 2.24) is 25.1 Å². The van der Waals surface area contributed by atoms with Crippen LogP contribution in [0.25, 0.3) is 5.69 Å². The second-order valence-corrected chi connectivity index (χ2v) is 5.12. The molecule has 0 radical (unpaired) electrons. The predicted octanol–water partition coefficient (Wildman–Crippen LogP) is 1.97. The van der Waals surface area contributed by atoms with Gasteiger partial charge in [-0.2, -0.15) is 4.68 Å². The highest BCUT2D eigenvalue weighted by atomic mass is 19.3. The smallest absolute Gasteiger partial charge is 0.261 e. The van der Waals surface area contributed by atoms with E-state index in [1.807, 2.05) is 0 Å². The van der Waals surface area contributed by atoms with Crippen LogP contribution in [0.15, 0.2) is 24.3 Å². The molecule has 1 saturated heterocycles. The fourth-order valence-corrected chi connectivity index (χ4v) is 2.37. The van der Waals surface area contributed by atoms with E-state index in [0.29, 0.717) is 23.6 Å². The zero-order valence-corrected chi connectivity index (χ0v) is 11.2. The van der Waals surface area contributed by atoms with Gasteiger partial charge >= 0.3 is 0 Å². The molecule has 0 N–H and O–H groups in total. The molecule has 112 valence electrons. The fraction of sp³-hybridized carbons (Fsp3) is 0.462. The van der Waals surface area contributed by atoms with E-state index in [1.54, 1.807) is 29.2 Å². The van der Waals surface area contributed by atoms with Crippen LogP contribution in [-0.4, -0.2) is 44.1 Å². The Morgan fingerprint density at radius 3 is 2.57 bits per heavy atom. The fourth-order valence-electron chi connectivity index (χ4n) is 2.37. The van der Waals surface area contributed by atoms with E-state index in [0.717, 1.165) is 0 Å². The van der Waals surface area contributed by atoms with Gasteiger partial charge < -0.3 is 0 Å². The average Bonchev–Trinajstić information content (AvgIpc) is 3.06. The monoisotopic (exact) mass is 297 g/mol. The lowest BCUT2D eigenvalue weighted by Gasteiger charge is -2.14. The van der Waals surface area contributed by atoms with Gasteiger partial charge in [-0.3, -0.25) is 4.90 Å². The third kappa shape index (κ3) is 3.05. The van der Waals surface area contributed by atoms with Crippen molar-refractivity contribution in [3.63, 3.8) is 0 Å². The second kappa shape index (κ2) is 5.44. The highest BCUT2D eigenvalue weighted by molar-refractivity contribution is 5.34. The molecule has 0 bridgehead atoms. The van der Waals surface area contributed by atoms with Gasteiger partial charge in [-0.1, -0.05) is 12.1 Å². The van der Waals surface area contributed by atoms with Crippen molar-refractivity contribution in [3.05, 3.63) is 35.7 Å². The summed E-state index contributed by atoms with van der Waals surface area (Å²) in [4.78, 5) is 1.62. The summed E-state index contributed by atoms with van der Waals surface area (Å²) in [6.45, 7) is -0.236. The molecule has 1 fully saturated rings. The SMILES string of the molecule is FCc1ccc(-n2nnnc2CN2CCC(F)(F)C2)cc1. The first kappa shape index (κ1) is 14.0. The van der Waals surface area contributed by atoms with Crippen LogP contribution in [0.4, 0.5) is 13.2 Å². The molecule has 5 nitrogen and oxygen atoms in total. The Morgan fingerprint density at radius 1 is 1.19 bits per heavy atom. The number of likely N-dealkylation sites (tertiary alicyclic amines) is 1. The molecule has 8 heteroatoms. The number of aromatic nitrogens is 4. The summed E-state index contributed by atoms with van der Waals surface area (Å²) in [5.41, 5.74) is 1.24. The highest BCUT2D eigenvalue weighted by Crippen LogP contribution is 2.27. The van der Waals surface area contributed by atoms with E-state index in [9.17, 15) is 13.2 Å². The largest absolute Gasteiger partial charge is 0.290 e. The second-order valence-electron chi connectivity index (χ2n) is 5.12. The van der Waals surface area contributed by atoms with Gasteiger partial charge in [0.1, 0.15) is 6.67 Å². The Labute approximate surface area is 119 Å². The van der Waals surface area contributed by atoms with Crippen LogP contribution < -0.4 is 0 Å². The van der Waals surface area contributed by atoms with E-state index in [2.05, 4.69) is 15.5 Å². The van der Waals surface area contributed by atoms with Gasteiger partial charge in [-0.15, -0.1) is 5.10 Å². The maximum Gasteiger partial charge on any atom is 0.261 e. The standard InChI is InChI=1S/C13H14F3N5/c14-7-10-1-3-11(4-2-10)21-12(17-18-19-21)8-20-6-5-13(15,16)9-20/h1-4H,5-9H2. The van der Waals surface area contributed by atoms with Crippen molar-refractivity contribution in [2.75, 3.05) is 13.1 Å². The first-order valence-corrected chi connectivity index (χ1v) is 6.60. The molecule has 1 aromatic heterocycles. The van der Waals surface area contributed by atoms with E-state index in [1.165, 1.54) is 4.68 Å². The molecule has 1 aromatic carbocycles. The molecule has 2 heterocycles. The van der Waals surface area contributed by atoms with Crippen molar-refractivity contribution in [1.29, 1.82) is 0 Å². The third-order valence-corrected chi connectivity index (χ3v) is 3.48. The molecule has 0 amide bonds. The maximum absolute atomic E-state index is 13.2. The lowest BCUT2D eigenvalue weighted by Crippen LogP contribution is -2.26. The minimum Gasteiger partial charge on any atom is -0.290 e. The third-order valence-electron chi connectivity index (χ3n) is 3.48. The van der Waals surface area contributed by atoms with Crippen molar-refractivity contribution in [2.45, 2.75) is 25.6 Å². The molecule has 0 spiro atoms. The van der Waals surface area contributed by atoms with E-state index in [4.69, 9.17) is 0 Å². The Kier molecular flexibility index (Phi) is 3.62. The molecule has 21 heavy (non-hydrogen) atoms. The van der Waals surface area contributed by atoms with Gasteiger partial charge in [0.25, 0.3) is 5.92 Å². The summed E-state index contributed by atoms with van der Waals surface area (Å²) in [5, 5.41) is 11.3. The van der Waals surface area contributed by atoms with E-state index >= 15 is 0 Å². The number of halogens is 3. The van der Waals surface area contributed by atoms with Crippen LogP contribution in [0.3, 0.4) is 0 Å². The lowest BCUT2D eigenvalue weighted by molar-refractivity contribution is 0.0112. The molecule has 1 aliphatic heterocycles. The minimum atomic E-state index is -2.64. The zero-order chi connectivity index (χ0) is 14.9. The molecular formula is C13H14F3N5. The van der Waals surface area contributed by atoms with Gasteiger partial charge in [0.05, 0.1) is 18.8 Å². The van der Waals surface area contributed by atoms with E-state index in [-0.39, 0.29) is 19.5 Å². The first-order chi connectivity index (χ1) is 10.1. The normalized spacial score (nSPS) is 18.2. The number of hydrogen-bond acceptors (Lipinski definition) is 4. The topological polar surface area (TPSA) is 46.8 Å². The molecule has 1 aliphatic rings. The van der Waals surface area contributed by atoms with Crippen LogP contribution in [-0.2, 0) is 13.2 Å². The van der Waals surface area contributed by atoms with Gasteiger partial charge in [-0.05, 0) is 28.1 Å². The summed E-state index contributed by atoms with van der Waals surface area (Å²) in [5.74, 6) is -2.15. The van der Waals surface area contributed by atoms with Gasteiger partial charge in [-0.25, -0.2) is 13.2 Å². The summed E-state index contributed by atoms with van der Waals surface area (Å²) >= 11 is 0. The number of nitrogens with zero attached hydrogens (tertiary/aromatic N) is 5. The highest BCUT2D eigenvalue weighted by Gasteiger charge is 2.38. The number of hydrogen-bond donors (Lipinski definition) is 0. The number of alkyl halides is 3. The number of benzene rings is 1. The molecular weight excluding hydrogens is 283 g/mol. The van der Waals surface area contributed by atoms with Crippen LogP contribution >= 0.6 is 0 Å². The average molecular weight is 297 g/mol. The van der Waals surface area contributed by atoms with Crippen LogP contribution in [0.2, 0.25) is 0 Å². The maximum atomic E-state index is 13.2. The van der Waals surface area contributed by atoms with Crippen molar-refractivity contribution >= 4 is 0 Å². The Hall–Kier alpha value is -1.96. The predicted molar refractivity (Wildman–Crippen MR) is 68.8 cm³/mol. The summed E-state index contributed by atoms with van der Waals surface area (Å²) in [7, 11) is 0. The van der Waals surface area contributed by atoms with Crippen LogP contribution in [0, 0.1) is 0 Å². The van der Waals surface area contributed by atoms with Crippen LogP contribution in [0.5, 0.6) is 0 Å². The Balaban J connectivity index is 1.77. The van der Waals surface area contributed by atoms with Crippen LogP contribution in [0.1, 0.15) is 17.8 Å². The molecule has 0 atom stereocenters. The van der Waals surface area contributed by atoms with Crippen molar-refractivity contribution in [2.24, 2.45) is 0 Å². The van der Waals surface area contributed by atoms with Gasteiger partial charge in [0, 0.05) is 13.0 Å². The summed E-state index contributed by atoms with van der Waals surface area (Å²) in [6.07, 6.45) is -0.139. The Bertz CT molecular complexity index is 611. The van der Waals surface area contributed by atoms with Gasteiger partial charge in [0.2, 0.25) is 0 Å².